The van der Waals surface area contributed by atoms with E-state index in [1.807, 2.05) is 79.7 Å². The molecular weight excluding hydrogens is 386 g/mol. The average molecular weight is 408 g/mol. The molecule has 0 fully saturated rings. The summed E-state index contributed by atoms with van der Waals surface area (Å²) in [4.78, 5) is 1.32. The fourth-order valence-electron chi connectivity index (χ4n) is 2.58. The quantitative estimate of drug-likeness (QED) is 0.429. The van der Waals surface area contributed by atoms with E-state index in [1.54, 1.807) is 12.1 Å². The minimum absolute atomic E-state index is 0.130. The van der Waals surface area contributed by atoms with Crippen molar-refractivity contribution < 1.29 is 8.42 Å². The van der Waals surface area contributed by atoms with Crippen LogP contribution in [-0.2, 0) is 16.6 Å². The molecule has 3 aromatic rings. The molecule has 0 aliphatic carbocycles. The van der Waals surface area contributed by atoms with Crippen LogP contribution in [0.2, 0.25) is 0 Å². The Morgan fingerprint density at radius 1 is 0.857 bits per heavy atom. The summed E-state index contributed by atoms with van der Waals surface area (Å²) in [7, 11) is -3.64. The minimum Gasteiger partial charge on any atom is -0.207 e. The number of hydrogen-bond donors (Lipinski definition) is 0. The molecule has 0 heterocycles. The molecule has 5 heteroatoms. The smallest absolute Gasteiger partial charge is 0.207 e. The first kappa shape index (κ1) is 20.2. The maximum atomic E-state index is 13.2. The second-order valence-electron chi connectivity index (χ2n) is 6.27. The van der Waals surface area contributed by atoms with Gasteiger partial charge in [0.25, 0.3) is 0 Å². The van der Waals surface area contributed by atoms with Crippen molar-refractivity contribution in [2.45, 2.75) is 23.3 Å². The Bertz CT molecular complexity index is 1050. The topological polar surface area (TPSA) is 37.4 Å². The SMILES string of the molecule is Cc1ccc(S(=O)(=O)N(CC#CSc2ccccc2)Cc2ccccc2)cc1. The molecule has 3 rings (SSSR count). The molecule has 3 nitrogen and oxygen atoms in total. The Hall–Kier alpha value is -2.52. The summed E-state index contributed by atoms with van der Waals surface area (Å²) in [5.41, 5.74) is 1.95. The Morgan fingerprint density at radius 2 is 1.46 bits per heavy atom. The maximum Gasteiger partial charge on any atom is 0.244 e. The fourth-order valence-corrected chi connectivity index (χ4v) is 4.46. The van der Waals surface area contributed by atoms with Crippen LogP contribution >= 0.6 is 11.8 Å². The molecule has 0 radical (unpaired) electrons. The van der Waals surface area contributed by atoms with Gasteiger partial charge in [-0.05, 0) is 53.8 Å². The van der Waals surface area contributed by atoms with Crippen molar-refractivity contribution in [2.75, 3.05) is 6.54 Å². The molecule has 0 spiro atoms. The predicted molar refractivity (Wildman–Crippen MR) is 115 cm³/mol. The molecule has 142 valence electrons. The number of nitrogens with zero attached hydrogens (tertiary/aromatic N) is 1. The third-order valence-corrected chi connectivity index (χ3v) is 6.66. The van der Waals surface area contributed by atoms with Crippen LogP contribution in [0.3, 0.4) is 0 Å². The van der Waals surface area contributed by atoms with Gasteiger partial charge in [-0.1, -0.05) is 72.1 Å². The standard InChI is InChI=1S/C23H21NO2S2/c1-20-13-15-23(16-14-20)28(25,26)24(19-21-9-4-2-5-10-21)17-8-18-27-22-11-6-3-7-12-22/h2-7,9-16H,17,19H2,1H3. The van der Waals surface area contributed by atoms with Crippen molar-refractivity contribution in [1.29, 1.82) is 0 Å². The van der Waals surface area contributed by atoms with Gasteiger partial charge >= 0.3 is 0 Å². The van der Waals surface area contributed by atoms with Gasteiger partial charge in [-0.2, -0.15) is 4.31 Å². The zero-order valence-corrected chi connectivity index (χ0v) is 17.2. The molecule has 0 amide bonds. The van der Waals surface area contributed by atoms with Crippen LogP contribution in [0.5, 0.6) is 0 Å². The van der Waals surface area contributed by atoms with Gasteiger partial charge in [-0.15, -0.1) is 0 Å². The second-order valence-corrected chi connectivity index (χ2v) is 9.08. The summed E-state index contributed by atoms with van der Waals surface area (Å²) >= 11 is 1.39. The third kappa shape index (κ3) is 5.49. The van der Waals surface area contributed by atoms with Crippen LogP contribution in [0.15, 0.2) is 94.7 Å². The van der Waals surface area contributed by atoms with Gasteiger partial charge in [0, 0.05) is 11.4 Å². The van der Waals surface area contributed by atoms with E-state index in [0.717, 1.165) is 16.0 Å². The Labute approximate surface area is 171 Å². The molecule has 0 atom stereocenters. The molecule has 0 unspecified atom stereocenters. The van der Waals surface area contributed by atoms with Gasteiger partial charge in [-0.25, -0.2) is 8.42 Å². The zero-order valence-electron chi connectivity index (χ0n) is 15.6. The highest BCUT2D eigenvalue weighted by molar-refractivity contribution is 8.04. The minimum atomic E-state index is -3.64. The molecule has 0 aliphatic rings. The highest BCUT2D eigenvalue weighted by atomic mass is 32.2. The largest absolute Gasteiger partial charge is 0.244 e. The van der Waals surface area contributed by atoms with Crippen molar-refractivity contribution in [1.82, 2.24) is 4.31 Å². The van der Waals surface area contributed by atoms with Crippen LogP contribution in [-0.4, -0.2) is 19.3 Å². The number of aryl methyl sites for hydroxylation is 1. The van der Waals surface area contributed by atoms with Crippen molar-refractivity contribution in [3.05, 3.63) is 96.1 Å². The fraction of sp³-hybridized carbons (Fsp3) is 0.130. The van der Waals surface area contributed by atoms with Crippen LogP contribution < -0.4 is 0 Å². The molecule has 0 saturated carbocycles. The number of hydrogen-bond acceptors (Lipinski definition) is 3. The highest BCUT2D eigenvalue weighted by Gasteiger charge is 2.23. The highest BCUT2D eigenvalue weighted by Crippen LogP contribution is 2.19. The molecule has 28 heavy (non-hydrogen) atoms. The Kier molecular flexibility index (Phi) is 6.94. The van der Waals surface area contributed by atoms with Gasteiger partial charge in [0.2, 0.25) is 10.0 Å². The molecule has 0 bridgehead atoms. The number of rotatable bonds is 6. The number of thioether (sulfide) groups is 1. The average Bonchev–Trinajstić information content (AvgIpc) is 2.72. The van der Waals surface area contributed by atoms with Crippen LogP contribution in [0, 0.1) is 18.1 Å². The van der Waals surface area contributed by atoms with Gasteiger partial charge in [0.1, 0.15) is 0 Å². The maximum absolute atomic E-state index is 13.2. The Morgan fingerprint density at radius 3 is 2.11 bits per heavy atom. The first-order valence-corrected chi connectivity index (χ1v) is 11.1. The van der Waals surface area contributed by atoms with Crippen molar-refractivity contribution in [2.24, 2.45) is 0 Å². The molecular formula is C23H21NO2S2. The Balaban J connectivity index is 1.81. The summed E-state index contributed by atoms with van der Waals surface area (Å²) in [5.74, 6) is 3.00. The lowest BCUT2D eigenvalue weighted by molar-refractivity contribution is 0.443. The molecule has 0 N–H and O–H groups in total. The van der Waals surface area contributed by atoms with E-state index in [2.05, 4.69) is 11.2 Å². The van der Waals surface area contributed by atoms with E-state index >= 15 is 0 Å². The van der Waals surface area contributed by atoms with Crippen molar-refractivity contribution in [3.8, 4) is 11.2 Å². The van der Waals surface area contributed by atoms with Crippen LogP contribution in [0.4, 0.5) is 0 Å². The summed E-state index contributed by atoms with van der Waals surface area (Å²) in [6.07, 6.45) is 0. The first-order chi connectivity index (χ1) is 13.6. The number of sulfonamides is 1. The lowest BCUT2D eigenvalue weighted by Gasteiger charge is -2.20. The van der Waals surface area contributed by atoms with E-state index in [-0.39, 0.29) is 18.0 Å². The summed E-state index contributed by atoms with van der Waals surface area (Å²) < 4.78 is 27.7. The van der Waals surface area contributed by atoms with E-state index in [0.29, 0.717) is 0 Å². The van der Waals surface area contributed by atoms with Crippen molar-refractivity contribution in [3.63, 3.8) is 0 Å². The summed E-state index contributed by atoms with van der Waals surface area (Å²) in [5, 5.41) is 3.01. The molecule has 0 aliphatic heterocycles. The summed E-state index contributed by atoms with van der Waals surface area (Å²) in [6, 6.07) is 26.3. The van der Waals surface area contributed by atoms with E-state index < -0.39 is 10.0 Å². The van der Waals surface area contributed by atoms with Gasteiger partial charge in [0.05, 0.1) is 11.4 Å². The van der Waals surface area contributed by atoms with Crippen LogP contribution in [0.25, 0.3) is 0 Å². The third-order valence-electron chi connectivity index (χ3n) is 4.10. The second kappa shape index (κ2) is 9.61. The molecule has 0 saturated heterocycles. The molecule has 3 aromatic carbocycles. The summed E-state index contributed by atoms with van der Waals surface area (Å²) in [6.45, 7) is 2.34. The lowest BCUT2D eigenvalue weighted by atomic mass is 10.2. The molecule has 0 aromatic heterocycles. The van der Waals surface area contributed by atoms with Gasteiger partial charge in [-0.3, -0.25) is 0 Å². The predicted octanol–water partition coefficient (Wildman–Crippen LogP) is 4.94. The lowest BCUT2D eigenvalue weighted by Crippen LogP contribution is -2.31. The zero-order chi connectivity index (χ0) is 19.8. The van der Waals surface area contributed by atoms with Gasteiger partial charge in [0.15, 0.2) is 0 Å². The van der Waals surface area contributed by atoms with Gasteiger partial charge < -0.3 is 0 Å². The van der Waals surface area contributed by atoms with E-state index in [9.17, 15) is 8.42 Å². The van der Waals surface area contributed by atoms with E-state index in [1.165, 1.54) is 16.1 Å². The van der Waals surface area contributed by atoms with Crippen LogP contribution in [0.1, 0.15) is 11.1 Å². The van der Waals surface area contributed by atoms with E-state index in [4.69, 9.17) is 0 Å². The first-order valence-electron chi connectivity index (χ1n) is 8.86. The van der Waals surface area contributed by atoms with Crippen molar-refractivity contribution >= 4 is 21.8 Å². The normalized spacial score (nSPS) is 11.1. The monoisotopic (exact) mass is 407 g/mol. The number of benzene rings is 3.